The molecule has 18 heavy (non-hydrogen) atoms. The fourth-order valence-corrected chi connectivity index (χ4v) is 1.53. The molecular formula is C10H15F3N4O. The number of nitrogens with one attached hydrogen (secondary N) is 1. The molecule has 1 heterocycles. The van der Waals surface area contributed by atoms with E-state index in [1.807, 2.05) is 6.92 Å². The molecule has 0 spiro atoms. The topological polar surface area (TPSA) is 72.9 Å². The van der Waals surface area contributed by atoms with Gasteiger partial charge in [-0.3, -0.25) is 9.48 Å². The van der Waals surface area contributed by atoms with Gasteiger partial charge in [-0.2, -0.15) is 18.3 Å². The largest absolute Gasteiger partial charge is 0.395 e. The number of carbonyl (C=O) groups is 1. The third-order valence-electron chi connectivity index (χ3n) is 2.40. The first-order valence-corrected chi connectivity index (χ1v) is 5.42. The molecule has 1 aromatic heterocycles. The minimum Gasteiger partial charge on any atom is -0.395 e. The lowest BCUT2D eigenvalue weighted by Gasteiger charge is -2.08. The Balaban J connectivity index is 2.70. The van der Waals surface area contributed by atoms with Crippen molar-refractivity contribution in [1.82, 2.24) is 15.1 Å². The van der Waals surface area contributed by atoms with E-state index in [9.17, 15) is 18.0 Å². The van der Waals surface area contributed by atoms with Crippen LogP contribution in [0.5, 0.6) is 0 Å². The molecule has 0 aromatic carbocycles. The second-order valence-corrected chi connectivity index (χ2v) is 3.81. The van der Waals surface area contributed by atoms with Gasteiger partial charge in [-0.15, -0.1) is 0 Å². The maximum Gasteiger partial charge on any atom is 0.390 e. The van der Waals surface area contributed by atoms with E-state index >= 15 is 0 Å². The Bertz CT molecular complexity index is 439. The molecule has 0 saturated heterocycles. The molecule has 8 heteroatoms. The number of anilines is 1. The van der Waals surface area contributed by atoms with Gasteiger partial charge in [-0.25, -0.2) is 0 Å². The monoisotopic (exact) mass is 264 g/mol. The number of hydrogen-bond donors (Lipinski definition) is 2. The van der Waals surface area contributed by atoms with Crippen LogP contribution in [0.2, 0.25) is 0 Å². The van der Waals surface area contributed by atoms with Crippen LogP contribution in [0.4, 0.5) is 18.9 Å². The first-order chi connectivity index (χ1) is 8.26. The first-order valence-electron chi connectivity index (χ1n) is 5.42. The summed E-state index contributed by atoms with van der Waals surface area (Å²) in [5, 5.41) is 6.19. The maximum absolute atomic E-state index is 11.9. The number of carbonyl (C=O) groups excluding carboxylic acids is 1. The van der Waals surface area contributed by atoms with Crippen LogP contribution in [0.15, 0.2) is 0 Å². The second-order valence-electron chi connectivity index (χ2n) is 3.81. The number of amides is 1. The third-order valence-corrected chi connectivity index (χ3v) is 2.40. The highest BCUT2D eigenvalue weighted by molar-refractivity contribution is 5.97. The molecule has 0 bridgehead atoms. The summed E-state index contributed by atoms with van der Waals surface area (Å²) >= 11 is 0. The molecule has 3 N–H and O–H groups in total. The third kappa shape index (κ3) is 3.38. The summed E-state index contributed by atoms with van der Waals surface area (Å²) in [6.45, 7) is 1.35. The molecule has 1 aromatic rings. The van der Waals surface area contributed by atoms with Crippen LogP contribution in [0.3, 0.4) is 0 Å². The van der Waals surface area contributed by atoms with E-state index in [0.717, 1.165) is 0 Å². The number of nitrogens with two attached hydrogens (primary N) is 1. The average Bonchev–Trinajstić information content (AvgIpc) is 2.51. The summed E-state index contributed by atoms with van der Waals surface area (Å²) in [5.74, 6) is -0.647. The smallest absolute Gasteiger partial charge is 0.390 e. The van der Waals surface area contributed by atoms with Gasteiger partial charge >= 0.3 is 6.18 Å². The maximum atomic E-state index is 11.9. The lowest BCUT2D eigenvalue weighted by atomic mass is 10.2. The number of aryl methyl sites for hydroxylation is 2. The van der Waals surface area contributed by atoms with Crippen LogP contribution in [0, 0.1) is 0 Å². The molecule has 0 fully saturated rings. The van der Waals surface area contributed by atoms with Gasteiger partial charge in [-0.05, 0) is 6.42 Å². The number of nitrogen functional groups attached to an aromatic ring is 1. The number of rotatable bonds is 4. The van der Waals surface area contributed by atoms with Gasteiger partial charge in [0, 0.05) is 13.6 Å². The van der Waals surface area contributed by atoms with E-state index in [0.29, 0.717) is 12.1 Å². The molecule has 0 saturated carbocycles. The van der Waals surface area contributed by atoms with Crippen molar-refractivity contribution < 1.29 is 18.0 Å². The van der Waals surface area contributed by atoms with E-state index in [4.69, 9.17) is 5.73 Å². The van der Waals surface area contributed by atoms with Crippen molar-refractivity contribution in [2.75, 3.05) is 12.3 Å². The fraction of sp³-hybridized carbons (Fsp3) is 0.600. The molecule has 5 nitrogen and oxygen atoms in total. The van der Waals surface area contributed by atoms with E-state index in [2.05, 4.69) is 10.4 Å². The Labute approximate surface area is 102 Å². The number of alkyl halides is 3. The number of hydrogen-bond acceptors (Lipinski definition) is 3. The Morgan fingerprint density at radius 1 is 1.50 bits per heavy atom. The molecule has 0 aliphatic carbocycles. The molecule has 102 valence electrons. The van der Waals surface area contributed by atoms with E-state index < -0.39 is 25.0 Å². The number of nitrogens with zero attached hydrogens (tertiary/aromatic N) is 2. The second kappa shape index (κ2) is 5.28. The van der Waals surface area contributed by atoms with Gasteiger partial charge in [0.25, 0.3) is 5.91 Å². The van der Waals surface area contributed by atoms with Gasteiger partial charge < -0.3 is 11.1 Å². The first kappa shape index (κ1) is 14.3. The minimum absolute atomic E-state index is 0.0917. The lowest BCUT2D eigenvalue weighted by molar-refractivity contribution is -0.132. The summed E-state index contributed by atoms with van der Waals surface area (Å²) in [6, 6.07) is 0. The molecule has 0 radical (unpaired) electrons. The van der Waals surface area contributed by atoms with Gasteiger partial charge in [-0.1, -0.05) is 6.92 Å². The Kier molecular flexibility index (Phi) is 4.20. The van der Waals surface area contributed by atoms with Crippen molar-refractivity contribution >= 4 is 11.6 Å². The van der Waals surface area contributed by atoms with E-state index in [-0.39, 0.29) is 11.4 Å². The van der Waals surface area contributed by atoms with Crippen molar-refractivity contribution in [3.8, 4) is 0 Å². The SMILES string of the molecule is CCc1nn(C)c(C(=O)NCCC(F)(F)F)c1N. The quantitative estimate of drug-likeness (QED) is 0.859. The van der Waals surface area contributed by atoms with Crippen LogP contribution in [-0.4, -0.2) is 28.4 Å². The van der Waals surface area contributed by atoms with Gasteiger partial charge in [0.15, 0.2) is 0 Å². The Morgan fingerprint density at radius 2 is 2.11 bits per heavy atom. The molecular weight excluding hydrogens is 249 g/mol. The predicted molar refractivity (Wildman–Crippen MR) is 60.0 cm³/mol. The van der Waals surface area contributed by atoms with Crippen molar-refractivity contribution in [1.29, 1.82) is 0 Å². The van der Waals surface area contributed by atoms with Crippen LogP contribution in [0.25, 0.3) is 0 Å². The highest BCUT2D eigenvalue weighted by atomic mass is 19.4. The predicted octanol–water partition coefficient (Wildman–Crippen LogP) is 1.25. The van der Waals surface area contributed by atoms with Gasteiger partial charge in [0.05, 0.1) is 17.8 Å². The lowest BCUT2D eigenvalue weighted by Crippen LogP contribution is -2.30. The highest BCUT2D eigenvalue weighted by Crippen LogP contribution is 2.19. The van der Waals surface area contributed by atoms with Gasteiger partial charge in [0.2, 0.25) is 0 Å². The molecule has 0 aliphatic rings. The van der Waals surface area contributed by atoms with Crippen molar-refractivity contribution in [3.05, 3.63) is 11.4 Å². The molecule has 1 amide bonds. The molecule has 1 rings (SSSR count). The van der Waals surface area contributed by atoms with Crippen molar-refractivity contribution in [2.45, 2.75) is 25.9 Å². The summed E-state index contributed by atoms with van der Waals surface area (Å²) in [5.41, 5.74) is 6.57. The zero-order chi connectivity index (χ0) is 13.9. The number of aromatic nitrogens is 2. The van der Waals surface area contributed by atoms with Crippen molar-refractivity contribution in [2.24, 2.45) is 7.05 Å². The minimum atomic E-state index is -4.29. The Hall–Kier alpha value is -1.73. The zero-order valence-corrected chi connectivity index (χ0v) is 10.1. The standard InChI is InChI=1S/C10H15F3N4O/c1-3-6-7(14)8(17(2)16-6)9(18)15-5-4-10(11,12)13/h3-5,14H2,1-2H3,(H,15,18). The van der Waals surface area contributed by atoms with Crippen LogP contribution >= 0.6 is 0 Å². The van der Waals surface area contributed by atoms with Crippen LogP contribution in [-0.2, 0) is 13.5 Å². The fourth-order valence-electron chi connectivity index (χ4n) is 1.53. The highest BCUT2D eigenvalue weighted by Gasteiger charge is 2.27. The van der Waals surface area contributed by atoms with E-state index in [1.165, 1.54) is 11.7 Å². The molecule has 0 aliphatic heterocycles. The van der Waals surface area contributed by atoms with Crippen LogP contribution < -0.4 is 11.1 Å². The normalized spacial score (nSPS) is 11.6. The number of halogens is 3. The average molecular weight is 264 g/mol. The zero-order valence-electron chi connectivity index (χ0n) is 10.1. The summed E-state index contributed by atoms with van der Waals surface area (Å²) in [4.78, 5) is 11.7. The molecule has 0 atom stereocenters. The Morgan fingerprint density at radius 3 is 2.56 bits per heavy atom. The van der Waals surface area contributed by atoms with E-state index in [1.54, 1.807) is 0 Å². The summed E-state index contributed by atoms with van der Waals surface area (Å²) in [7, 11) is 1.52. The molecule has 0 unspecified atom stereocenters. The van der Waals surface area contributed by atoms with Crippen LogP contribution in [0.1, 0.15) is 29.5 Å². The summed E-state index contributed by atoms with van der Waals surface area (Å²) in [6.07, 6.45) is -4.81. The summed E-state index contributed by atoms with van der Waals surface area (Å²) < 4.78 is 37.1. The van der Waals surface area contributed by atoms with Crippen molar-refractivity contribution in [3.63, 3.8) is 0 Å². The van der Waals surface area contributed by atoms with Gasteiger partial charge in [0.1, 0.15) is 5.69 Å².